The van der Waals surface area contributed by atoms with E-state index in [1.165, 1.54) is 30.2 Å². The van der Waals surface area contributed by atoms with Gasteiger partial charge in [0.05, 0.1) is 17.8 Å². The summed E-state index contributed by atoms with van der Waals surface area (Å²) in [6.07, 6.45) is -0.382. The summed E-state index contributed by atoms with van der Waals surface area (Å²) in [4.78, 5) is 85.2. The molecule has 3 atom stereocenters. The van der Waals surface area contributed by atoms with Crippen molar-refractivity contribution in [2.75, 3.05) is 18.0 Å². The number of nitrogens with one attached hydrogen (secondary N) is 1. The third kappa shape index (κ3) is 8.23. The molecule has 0 radical (unpaired) electrons. The highest BCUT2D eigenvalue weighted by Crippen LogP contribution is 2.55. The summed E-state index contributed by atoms with van der Waals surface area (Å²) in [7, 11) is 0. The van der Waals surface area contributed by atoms with Gasteiger partial charge < -0.3 is 41.6 Å². The van der Waals surface area contributed by atoms with Crippen LogP contribution in [0.15, 0.2) is 33.8 Å². The minimum atomic E-state index is -1.79. The number of β-lactam (4-membered cyclic amide) rings is 1. The Hall–Kier alpha value is -4.89. The Morgan fingerprint density at radius 2 is 1.88 bits per heavy atom. The molecule has 262 valence electrons. The lowest BCUT2D eigenvalue weighted by Gasteiger charge is -2.41. The van der Waals surface area contributed by atoms with Crippen LogP contribution in [0.5, 0.6) is 11.5 Å². The number of primary amides is 1. The molecule has 2 saturated heterocycles. The number of nitrogens with zero attached hydrogens (tertiary/aromatic N) is 4. The number of carbonyl (C=O) groups is 6. The number of rotatable bonds is 16. The fourth-order valence-corrected chi connectivity index (χ4v) is 8.33. The Morgan fingerprint density at radius 1 is 1.16 bits per heavy atom. The molecule has 0 unspecified atom stereocenters. The van der Waals surface area contributed by atoms with E-state index in [9.17, 15) is 49.2 Å². The van der Waals surface area contributed by atoms with Crippen LogP contribution in [0.2, 0.25) is 0 Å². The molecule has 2 aliphatic rings. The molecule has 0 spiro atoms. The molecule has 4 rings (SSSR count). The number of anilines is 1. The van der Waals surface area contributed by atoms with Crippen molar-refractivity contribution in [3.05, 3.63) is 34.8 Å². The van der Waals surface area contributed by atoms with E-state index in [1.54, 1.807) is 0 Å². The van der Waals surface area contributed by atoms with Gasteiger partial charge in [0.2, 0.25) is 11.5 Å². The lowest BCUT2D eigenvalue weighted by Crippen LogP contribution is -2.57. The van der Waals surface area contributed by atoms with Crippen LogP contribution in [0, 0.1) is 5.92 Å². The van der Waals surface area contributed by atoms with E-state index in [2.05, 4.69) is 15.2 Å². The number of thioether (sulfide) groups is 2. The highest BCUT2D eigenvalue weighted by Gasteiger charge is 2.62. The number of nitrogen functional groups attached to an aromatic ring is 1. The number of Topliss-reactive ketones (excluding diaryl/α,β-unsaturated/α-hetero) is 2. The Kier molecular flexibility index (Phi) is 11.1. The van der Waals surface area contributed by atoms with E-state index in [0.717, 1.165) is 47.0 Å². The third-order valence-corrected chi connectivity index (χ3v) is 11.3. The molecule has 3 heterocycles. The molecule has 0 bridgehead atoms. The number of urea groups is 1. The van der Waals surface area contributed by atoms with Gasteiger partial charge in [-0.1, -0.05) is 5.16 Å². The highest BCUT2D eigenvalue weighted by atomic mass is 32.2. The number of ketones is 2. The Morgan fingerprint density at radius 3 is 2.47 bits per heavy atom. The van der Waals surface area contributed by atoms with E-state index in [0.29, 0.717) is 0 Å². The van der Waals surface area contributed by atoms with E-state index in [4.69, 9.17) is 16.3 Å². The van der Waals surface area contributed by atoms with Gasteiger partial charge in [0, 0.05) is 23.8 Å². The van der Waals surface area contributed by atoms with Gasteiger partial charge in [-0.05, 0) is 44.2 Å². The topological polar surface area (TPSA) is 297 Å². The number of carboxylic acids is 2. The number of aromatic hydroxyl groups is 2. The molecular weight excluding hydrogens is 707 g/mol. The van der Waals surface area contributed by atoms with Gasteiger partial charge >= 0.3 is 18.0 Å². The molecule has 21 heteroatoms. The first-order valence-electron chi connectivity index (χ1n) is 14.2. The van der Waals surface area contributed by atoms with Crippen LogP contribution in [0.25, 0.3) is 0 Å². The van der Waals surface area contributed by atoms with Crippen molar-refractivity contribution in [2.45, 2.75) is 48.2 Å². The van der Waals surface area contributed by atoms with Gasteiger partial charge in [0.15, 0.2) is 38.0 Å². The second kappa shape index (κ2) is 14.7. The lowest BCUT2D eigenvalue weighted by molar-refractivity contribution is -0.161. The number of aliphatic carboxylic acids is 2. The van der Waals surface area contributed by atoms with Crippen molar-refractivity contribution in [3.63, 3.8) is 0 Å². The van der Waals surface area contributed by atoms with Crippen LogP contribution in [-0.2, 0) is 28.8 Å². The zero-order chi connectivity index (χ0) is 36.3. The third-order valence-electron chi connectivity index (χ3n) is 7.26. The minimum Gasteiger partial charge on any atom is -0.504 e. The van der Waals surface area contributed by atoms with Crippen molar-refractivity contribution in [1.82, 2.24) is 15.3 Å². The van der Waals surface area contributed by atoms with Crippen LogP contribution in [0.4, 0.5) is 9.93 Å². The molecule has 2 aliphatic heterocycles. The Labute approximate surface area is 289 Å². The van der Waals surface area contributed by atoms with E-state index in [1.807, 2.05) is 5.43 Å². The second-order valence-electron chi connectivity index (χ2n) is 11.2. The minimum absolute atomic E-state index is 0.0298. The molecule has 1 aromatic carbocycles. The maximum absolute atomic E-state index is 13.4. The number of nitrogens with two attached hydrogens (primary N) is 2. The standard InChI is InChI=1S/C28H31N7O11S3/c1-27(2,23(41)42)46-34-20(14-10-47-26(30)31-14)18(39)9-13-21(40)35-11-28(24(43)44,49-22(13)35)48-7-3-4-16(37)19(32-33-25(29)45)12-5-6-15(36)17(38)8-12/h5-6,8,10,13,22,36,38H,3-4,7,9,11H2,1-2H3,(H2,30,31)(H,41,42)(H,43,44)(H3,29,33,45)/b32-19-,34-20-/t13-,22-,28-/m1/s1. The Balaban J connectivity index is 1.41. The molecule has 0 saturated carbocycles. The van der Waals surface area contributed by atoms with Crippen molar-refractivity contribution in [2.24, 2.45) is 21.9 Å². The fourth-order valence-electron chi connectivity index (χ4n) is 4.60. The van der Waals surface area contributed by atoms with Gasteiger partial charge in [-0.15, -0.1) is 34.9 Å². The summed E-state index contributed by atoms with van der Waals surface area (Å²) in [5.41, 5.74) is 10.4. The summed E-state index contributed by atoms with van der Waals surface area (Å²) in [6.45, 7) is 2.29. The smallest absolute Gasteiger partial charge is 0.350 e. The van der Waals surface area contributed by atoms with Crippen molar-refractivity contribution < 1.29 is 54.0 Å². The number of carbonyl (C=O) groups excluding carboxylic acids is 4. The highest BCUT2D eigenvalue weighted by molar-refractivity contribution is 8.19. The zero-order valence-corrected chi connectivity index (χ0v) is 28.3. The molecule has 3 amide bonds. The molecule has 18 nitrogen and oxygen atoms in total. The number of oxime groups is 1. The zero-order valence-electron chi connectivity index (χ0n) is 25.8. The summed E-state index contributed by atoms with van der Waals surface area (Å²) in [5.74, 6) is -5.99. The summed E-state index contributed by atoms with van der Waals surface area (Å²) < 4.78 is -1.51. The van der Waals surface area contributed by atoms with Crippen LogP contribution in [0.3, 0.4) is 0 Å². The van der Waals surface area contributed by atoms with Crippen LogP contribution < -0.4 is 16.9 Å². The number of phenolic OH excluding ortho intramolecular Hbond substituents is 2. The number of amides is 3. The number of benzene rings is 1. The normalized spacial score (nSPS) is 20.7. The molecule has 49 heavy (non-hydrogen) atoms. The number of carboxylic acid groups (broad SMARTS) is 2. The fraction of sp³-hybridized carbons (Fsp3) is 0.393. The largest absolute Gasteiger partial charge is 0.504 e. The lowest BCUT2D eigenvalue weighted by atomic mass is 9.90. The number of hydrogen-bond acceptors (Lipinski definition) is 16. The number of fused-ring (bicyclic) bond motifs is 1. The van der Waals surface area contributed by atoms with E-state index < -0.39 is 67.9 Å². The average Bonchev–Trinajstić information content (AvgIpc) is 3.62. The number of phenols is 2. The van der Waals surface area contributed by atoms with Crippen molar-refractivity contribution in [1.29, 1.82) is 0 Å². The molecule has 1 aromatic heterocycles. The number of aromatic nitrogens is 1. The monoisotopic (exact) mass is 737 g/mol. The summed E-state index contributed by atoms with van der Waals surface area (Å²) in [5, 5.41) is 47.3. The number of thiazole rings is 1. The molecule has 0 aliphatic carbocycles. The van der Waals surface area contributed by atoms with Gasteiger partial charge in [0.25, 0.3) is 0 Å². The van der Waals surface area contributed by atoms with Gasteiger partial charge in [-0.25, -0.2) is 24.8 Å². The quantitative estimate of drug-likeness (QED) is 0.0418. The molecule has 9 N–H and O–H groups in total. The number of hydrogen-bond donors (Lipinski definition) is 7. The number of hydrazone groups is 1. The van der Waals surface area contributed by atoms with Crippen LogP contribution in [-0.4, -0.2) is 105 Å². The SMILES string of the molecule is CC(C)(O/N=C(\C(=O)C[C@@H]1C(=O)N2C[C@](SCCCC(=O)/C(=N\NC(N)=O)c3ccc(O)c(O)c3)(C(=O)O)S[C@H]12)c1csc(N)n1)C(=O)O. The first-order chi connectivity index (χ1) is 23.0. The molecular formula is C28H31N7O11S3. The van der Waals surface area contributed by atoms with E-state index in [-0.39, 0.29) is 59.4 Å². The first-order valence-corrected chi connectivity index (χ1v) is 17.0. The van der Waals surface area contributed by atoms with Gasteiger partial charge in [-0.2, -0.15) is 5.10 Å². The molecule has 2 aromatic rings. The predicted molar refractivity (Wildman–Crippen MR) is 178 cm³/mol. The first kappa shape index (κ1) is 36.9. The van der Waals surface area contributed by atoms with Crippen molar-refractivity contribution >= 4 is 86.9 Å². The molecule has 2 fully saturated rings. The maximum Gasteiger partial charge on any atom is 0.350 e. The van der Waals surface area contributed by atoms with Gasteiger partial charge in [0.1, 0.15) is 11.4 Å². The van der Waals surface area contributed by atoms with Crippen LogP contribution >= 0.6 is 34.9 Å². The summed E-state index contributed by atoms with van der Waals surface area (Å²) >= 11 is 3.01. The maximum atomic E-state index is 13.4. The average molecular weight is 738 g/mol. The predicted octanol–water partition coefficient (Wildman–Crippen LogP) is 1.15. The van der Waals surface area contributed by atoms with Crippen LogP contribution in [0.1, 0.15) is 44.4 Å². The second-order valence-corrected chi connectivity index (χ2v) is 15.2. The Bertz CT molecular complexity index is 1760. The van der Waals surface area contributed by atoms with Crippen molar-refractivity contribution in [3.8, 4) is 11.5 Å². The van der Waals surface area contributed by atoms with Gasteiger partial charge in [-0.3, -0.25) is 14.4 Å². The van der Waals surface area contributed by atoms with E-state index >= 15 is 0 Å². The summed E-state index contributed by atoms with van der Waals surface area (Å²) in [6, 6.07) is 2.46.